The number of sulfonamides is 1. The molecule has 0 unspecified atom stereocenters. The Balaban J connectivity index is 2.23. The molecule has 0 spiro atoms. The number of carboxylic acid groups (broad SMARTS) is 1. The largest absolute Gasteiger partial charge is 0.481 e. The minimum Gasteiger partial charge on any atom is -0.481 e. The summed E-state index contributed by atoms with van der Waals surface area (Å²) in [7, 11) is -3.53. The van der Waals surface area contributed by atoms with Gasteiger partial charge in [-0.15, -0.1) is 0 Å². The lowest BCUT2D eigenvalue weighted by Gasteiger charge is -2.35. The molecule has 1 aliphatic rings. The number of nitrogens with zero attached hydrogens (tertiary/aromatic N) is 1. The zero-order valence-electron chi connectivity index (χ0n) is 9.33. The fourth-order valence-corrected chi connectivity index (χ4v) is 3.53. The van der Waals surface area contributed by atoms with Gasteiger partial charge in [-0.05, 0) is 18.6 Å². The van der Waals surface area contributed by atoms with Gasteiger partial charge in [-0.2, -0.15) is 4.31 Å². The first-order valence-electron chi connectivity index (χ1n) is 5.21. The minimum atomic E-state index is -3.53. The quantitative estimate of drug-likeness (QED) is 0.862. The van der Waals surface area contributed by atoms with Gasteiger partial charge in [0.2, 0.25) is 10.0 Å². The molecule has 1 aromatic carbocycles. The first-order valence-corrected chi connectivity index (χ1v) is 6.65. The second kappa shape index (κ2) is 4.12. The Hall–Kier alpha value is -1.40. The summed E-state index contributed by atoms with van der Waals surface area (Å²) in [5, 5.41) is 8.72. The standard InChI is InChI=1S/C11H13NO4S/c1-8-4-2-3-5-10(8)17(15,16)12-6-9(7-12)11(13)14/h2-5,9H,6-7H2,1H3,(H,13,14). The third-order valence-corrected chi connectivity index (χ3v) is 4.90. The summed E-state index contributed by atoms with van der Waals surface area (Å²) in [5.74, 6) is -1.52. The SMILES string of the molecule is Cc1ccccc1S(=O)(=O)N1CC(C(=O)O)C1. The molecule has 5 nitrogen and oxygen atoms in total. The lowest BCUT2D eigenvalue weighted by atomic mass is 10.0. The van der Waals surface area contributed by atoms with E-state index in [4.69, 9.17) is 5.11 Å². The molecule has 2 rings (SSSR count). The van der Waals surface area contributed by atoms with E-state index >= 15 is 0 Å². The molecule has 0 saturated carbocycles. The molecule has 1 aromatic rings. The second-order valence-electron chi connectivity index (χ2n) is 4.12. The lowest BCUT2D eigenvalue weighted by molar-refractivity contribution is -0.145. The fourth-order valence-electron chi connectivity index (χ4n) is 1.78. The van der Waals surface area contributed by atoms with Gasteiger partial charge in [0, 0.05) is 13.1 Å². The number of carboxylic acids is 1. The normalized spacial score (nSPS) is 17.7. The van der Waals surface area contributed by atoms with Gasteiger partial charge in [-0.25, -0.2) is 8.42 Å². The van der Waals surface area contributed by atoms with Crippen molar-refractivity contribution in [3.8, 4) is 0 Å². The Morgan fingerprint density at radius 2 is 1.94 bits per heavy atom. The van der Waals surface area contributed by atoms with Crippen LogP contribution in [0.3, 0.4) is 0 Å². The van der Waals surface area contributed by atoms with Gasteiger partial charge in [0.25, 0.3) is 0 Å². The second-order valence-corrected chi connectivity index (χ2v) is 6.03. The molecule has 1 N–H and O–H groups in total. The monoisotopic (exact) mass is 255 g/mol. The topological polar surface area (TPSA) is 74.7 Å². The predicted molar refractivity (Wildman–Crippen MR) is 61.1 cm³/mol. The molecular formula is C11H13NO4S. The van der Waals surface area contributed by atoms with Gasteiger partial charge in [0.05, 0.1) is 10.8 Å². The van der Waals surface area contributed by atoms with Crippen LogP contribution in [-0.4, -0.2) is 36.9 Å². The van der Waals surface area contributed by atoms with Crippen LogP contribution < -0.4 is 0 Å². The molecule has 0 aromatic heterocycles. The van der Waals surface area contributed by atoms with Crippen LogP contribution in [0.5, 0.6) is 0 Å². The van der Waals surface area contributed by atoms with E-state index in [-0.39, 0.29) is 18.0 Å². The van der Waals surface area contributed by atoms with E-state index in [1.54, 1.807) is 31.2 Å². The van der Waals surface area contributed by atoms with E-state index in [0.29, 0.717) is 5.56 Å². The summed E-state index contributed by atoms with van der Waals surface area (Å²) in [6.45, 7) is 1.85. The molecule has 1 heterocycles. The number of benzene rings is 1. The number of hydrogen-bond donors (Lipinski definition) is 1. The summed E-state index contributed by atoms with van der Waals surface area (Å²) in [4.78, 5) is 10.9. The highest BCUT2D eigenvalue weighted by molar-refractivity contribution is 7.89. The average Bonchev–Trinajstić information content (AvgIpc) is 2.14. The van der Waals surface area contributed by atoms with Crippen molar-refractivity contribution in [3.63, 3.8) is 0 Å². The zero-order valence-corrected chi connectivity index (χ0v) is 10.1. The summed E-state index contributed by atoms with van der Waals surface area (Å²) >= 11 is 0. The maximum absolute atomic E-state index is 12.1. The van der Waals surface area contributed by atoms with Gasteiger partial charge in [-0.3, -0.25) is 4.79 Å². The summed E-state index contributed by atoms with van der Waals surface area (Å²) < 4.78 is 25.5. The number of carbonyl (C=O) groups is 1. The van der Waals surface area contributed by atoms with Crippen LogP contribution in [0, 0.1) is 12.8 Å². The lowest BCUT2D eigenvalue weighted by Crippen LogP contribution is -2.52. The number of aliphatic carboxylic acids is 1. The molecule has 0 radical (unpaired) electrons. The highest BCUT2D eigenvalue weighted by Crippen LogP contribution is 2.26. The van der Waals surface area contributed by atoms with Gasteiger partial charge < -0.3 is 5.11 Å². The molecule has 1 fully saturated rings. The Bertz CT molecular complexity index is 546. The Morgan fingerprint density at radius 3 is 2.47 bits per heavy atom. The summed E-state index contributed by atoms with van der Waals surface area (Å²) in [5.41, 5.74) is 0.672. The number of hydrogen-bond acceptors (Lipinski definition) is 3. The molecule has 92 valence electrons. The fraction of sp³-hybridized carbons (Fsp3) is 0.364. The maximum atomic E-state index is 12.1. The van der Waals surface area contributed by atoms with E-state index in [2.05, 4.69) is 0 Å². The highest BCUT2D eigenvalue weighted by Gasteiger charge is 2.40. The molecular weight excluding hydrogens is 242 g/mol. The van der Waals surface area contributed by atoms with Crippen molar-refractivity contribution in [2.75, 3.05) is 13.1 Å². The highest BCUT2D eigenvalue weighted by atomic mass is 32.2. The Labute approximate surface area is 99.7 Å². The van der Waals surface area contributed by atoms with Gasteiger partial charge in [0.15, 0.2) is 0 Å². The van der Waals surface area contributed by atoms with Gasteiger partial charge >= 0.3 is 5.97 Å². The van der Waals surface area contributed by atoms with Crippen LogP contribution in [0.1, 0.15) is 5.56 Å². The third-order valence-electron chi connectivity index (χ3n) is 2.91. The molecule has 6 heteroatoms. The van der Waals surface area contributed by atoms with Crippen LogP contribution in [0.4, 0.5) is 0 Å². The molecule has 1 saturated heterocycles. The maximum Gasteiger partial charge on any atom is 0.309 e. The smallest absolute Gasteiger partial charge is 0.309 e. The molecule has 0 amide bonds. The van der Waals surface area contributed by atoms with Gasteiger partial charge in [-0.1, -0.05) is 18.2 Å². The van der Waals surface area contributed by atoms with Crippen molar-refractivity contribution in [2.45, 2.75) is 11.8 Å². The van der Waals surface area contributed by atoms with Crippen molar-refractivity contribution in [3.05, 3.63) is 29.8 Å². The van der Waals surface area contributed by atoms with Gasteiger partial charge in [0.1, 0.15) is 0 Å². The van der Waals surface area contributed by atoms with Crippen LogP contribution >= 0.6 is 0 Å². The predicted octanol–water partition coefficient (Wildman–Crippen LogP) is 0.700. The van der Waals surface area contributed by atoms with Crippen LogP contribution in [0.2, 0.25) is 0 Å². The van der Waals surface area contributed by atoms with Crippen LogP contribution in [0.15, 0.2) is 29.2 Å². The minimum absolute atomic E-state index is 0.0615. The van der Waals surface area contributed by atoms with Crippen LogP contribution in [-0.2, 0) is 14.8 Å². The Kier molecular flexibility index (Phi) is 2.92. The van der Waals surface area contributed by atoms with Crippen molar-refractivity contribution in [1.82, 2.24) is 4.31 Å². The number of rotatable bonds is 3. The van der Waals surface area contributed by atoms with E-state index in [9.17, 15) is 13.2 Å². The first kappa shape index (κ1) is 12.1. The first-order chi connectivity index (χ1) is 7.93. The summed E-state index contributed by atoms with van der Waals surface area (Å²) in [6, 6.07) is 6.69. The summed E-state index contributed by atoms with van der Waals surface area (Å²) in [6.07, 6.45) is 0. The molecule has 1 aliphatic heterocycles. The van der Waals surface area contributed by atoms with Crippen molar-refractivity contribution in [2.24, 2.45) is 5.92 Å². The molecule has 0 bridgehead atoms. The van der Waals surface area contributed by atoms with E-state index in [1.807, 2.05) is 0 Å². The van der Waals surface area contributed by atoms with E-state index in [1.165, 1.54) is 4.31 Å². The molecule has 0 atom stereocenters. The molecule has 0 aliphatic carbocycles. The molecule has 17 heavy (non-hydrogen) atoms. The van der Waals surface area contributed by atoms with E-state index < -0.39 is 21.9 Å². The van der Waals surface area contributed by atoms with E-state index in [0.717, 1.165) is 0 Å². The van der Waals surface area contributed by atoms with Crippen LogP contribution in [0.25, 0.3) is 0 Å². The third kappa shape index (κ3) is 2.05. The van der Waals surface area contributed by atoms with Crippen molar-refractivity contribution in [1.29, 1.82) is 0 Å². The number of aryl methyl sites for hydroxylation is 1. The van der Waals surface area contributed by atoms with Crippen molar-refractivity contribution >= 4 is 16.0 Å². The zero-order chi connectivity index (χ0) is 12.6. The Morgan fingerprint density at radius 1 is 1.35 bits per heavy atom. The van der Waals surface area contributed by atoms with Crippen molar-refractivity contribution < 1.29 is 18.3 Å². The average molecular weight is 255 g/mol.